The molecule has 0 aliphatic carbocycles. The number of hydrogen-bond acceptors (Lipinski definition) is 4. The molecule has 1 fully saturated rings. The molecule has 0 amide bonds. The highest BCUT2D eigenvalue weighted by atomic mass is 32.2. The molecule has 0 spiro atoms. The summed E-state index contributed by atoms with van der Waals surface area (Å²) < 4.78 is 64.2. The quantitative estimate of drug-likeness (QED) is 0.900. The predicted octanol–water partition coefficient (Wildman–Crippen LogP) is 2.25. The average Bonchev–Trinajstić information content (AvgIpc) is 2.94. The van der Waals surface area contributed by atoms with Crippen LogP contribution in [0, 0.1) is 25.7 Å². The zero-order valence-electron chi connectivity index (χ0n) is 11.7. The van der Waals surface area contributed by atoms with Crippen molar-refractivity contribution in [1.29, 1.82) is 0 Å². The molecule has 2 heterocycles. The normalized spacial score (nSPS) is 23.9. The topological polar surface area (TPSA) is 74.7 Å². The number of carboxylic acids is 1. The number of carbonyl (C=O) groups is 1. The summed E-state index contributed by atoms with van der Waals surface area (Å²) in [6.45, 7) is 1.88. The molecule has 1 saturated heterocycles. The largest absolute Gasteiger partial charge is 0.481 e. The number of aryl methyl sites for hydroxylation is 2. The van der Waals surface area contributed by atoms with Crippen LogP contribution < -0.4 is 0 Å². The highest BCUT2D eigenvalue weighted by molar-refractivity contribution is 7.91. The van der Waals surface area contributed by atoms with Gasteiger partial charge < -0.3 is 5.11 Å². The van der Waals surface area contributed by atoms with E-state index in [-0.39, 0.29) is 4.21 Å². The van der Waals surface area contributed by atoms with Crippen LogP contribution in [-0.2, 0) is 14.8 Å². The number of aliphatic carboxylic acids is 1. The predicted molar refractivity (Wildman–Crippen MR) is 73.2 cm³/mol. The van der Waals surface area contributed by atoms with Gasteiger partial charge in [-0.05, 0) is 25.5 Å². The van der Waals surface area contributed by atoms with Crippen LogP contribution in [0.4, 0.5) is 13.2 Å². The Morgan fingerprint density at radius 1 is 1.36 bits per heavy atom. The van der Waals surface area contributed by atoms with E-state index in [9.17, 15) is 26.4 Å². The molecule has 0 saturated carbocycles. The Morgan fingerprint density at radius 3 is 2.32 bits per heavy atom. The third kappa shape index (κ3) is 2.99. The summed E-state index contributed by atoms with van der Waals surface area (Å²) in [5.74, 6) is -5.61. The molecule has 1 aliphatic rings. The number of sulfonamides is 1. The van der Waals surface area contributed by atoms with E-state index in [2.05, 4.69) is 0 Å². The van der Waals surface area contributed by atoms with Crippen molar-refractivity contribution in [3.8, 4) is 0 Å². The maximum absolute atomic E-state index is 12.9. The minimum absolute atomic E-state index is 0.0607. The van der Waals surface area contributed by atoms with Gasteiger partial charge in [0.25, 0.3) is 10.0 Å². The SMILES string of the molecule is Cc1cc(S(=O)(=O)N2C[C@@H](C(F)(F)F)[C@H](C(=O)O)C2)sc1C. The number of halogens is 3. The minimum atomic E-state index is -4.76. The van der Waals surface area contributed by atoms with Crippen molar-refractivity contribution in [3.05, 3.63) is 16.5 Å². The Labute approximate surface area is 129 Å². The number of rotatable bonds is 3. The highest BCUT2D eigenvalue weighted by Gasteiger charge is 2.55. The molecule has 22 heavy (non-hydrogen) atoms. The molecule has 0 unspecified atom stereocenters. The highest BCUT2D eigenvalue weighted by Crippen LogP contribution is 2.40. The van der Waals surface area contributed by atoms with Crippen molar-refractivity contribution < 1.29 is 31.5 Å². The lowest BCUT2D eigenvalue weighted by Crippen LogP contribution is -2.34. The molecule has 1 aromatic heterocycles. The third-order valence-corrected chi connectivity index (χ3v) is 7.19. The van der Waals surface area contributed by atoms with E-state index in [1.807, 2.05) is 0 Å². The van der Waals surface area contributed by atoms with E-state index in [1.54, 1.807) is 13.8 Å². The summed E-state index contributed by atoms with van der Waals surface area (Å²) in [6.07, 6.45) is -4.76. The Balaban J connectivity index is 2.36. The summed E-state index contributed by atoms with van der Waals surface area (Å²) in [7, 11) is -4.11. The van der Waals surface area contributed by atoms with Gasteiger partial charge >= 0.3 is 12.1 Å². The minimum Gasteiger partial charge on any atom is -0.481 e. The van der Waals surface area contributed by atoms with Crippen LogP contribution in [-0.4, -0.2) is 43.1 Å². The zero-order chi connectivity index (χ0) is 16.9. The molecule has 10 heteroatoms. The van der Waals surface area contributed by atoms with E-state index in [4.69, 9.17) is 5.11 Å². The molecular weight excluding hydrogens is 343 g/mol. The molecule has 0 bridgehead atoms. The van der Waals surface area contributed by atoms with Crippen LogP contribution in [0.15, 0.2) is 10.3 Å². The Bertz CT molecular complexity index is 676. The first kappa shape index (κ1) is 17.2. The van der Waals surface area contributed by atoms with Crippen LogP contribution in [0.3, 0.4) is 0 Å². The number of carboxylic acid groups (broad SMARTS) is 1. The smallest absolute Gasteiger partial charge is 0.393 e. The van der Waals surface area contributed by atoms with Gasteiger partial charge in [-0.3, -0.25) is 4.79 Å². The first-order valence-corrected chi connectivity index (χ1v) is 8.57. The molecule has 0 radical (unpaired) electrons. The molecule has 0 aromatic carbocycles. The fourth-order valence-electron chi connectivity index (χ4n) is 2.34. The molecule has 124 valence electrons. The molecule has 1 aliphatic heterocycles. The van der Waals surface area contributed by atoms with Crippen LogP contribution in [0.1, 0.15) is 10.4 Å². The summed E-state index contributed by atoms with van der Waals surface area (Å²) in [5, 5.41) is 8.93. The van der Waals surface area contributed by atoms with Gasteiger partial charge in [-0.25, -0.2) is 8.42 Å². The number of alkyl halides is 3. The van der Waals surface area contributed by atoms with Gasteiger partial charge in [0.15, 0.2) is 0 Å². The first-order chi connectivity index (χ1) is 9.94. The van der Waals surface area contributed by atoms with Gasteiger partial charge in [0.05, 0.1) is 11.8 Å². The number of thiophene rings is 1. The summed E-state index contributed by atoms with van der Waals surface area (Å²) in [5.41, 5.74) is 0.727. The lowest BCUT2D eigenvalue weighted by Gasteiger charge is -2.18. The van der Waals surface area contributed by atoms with Crippen LogP contribution in [0.5, 0.6) is 0 Å². The van der Waals surface area contributed by atoms with Gasteiger partial charge in [-0.1, -0.05) is 0 Å². The maximum Gasteiger partial charge on any atom is 0.393 e. The maximum atomic E-state index is 12.9. The zero-order valence-corrected chi connectivity index (χ0v) is 13.3. The Morgan fingerprint density at radius 2 is 1.95 bits per heavy atom. The van der Waals surface area contributed by atoms with E-state index in [1.165, 1.54) is 6.07 Å². The van der Waals surface area contributed by atoms with Gasteiger partial charge in [-0.2, -0.15) is 17.5 Å². The molecule has 1 aromatic rings. The Hall–Kier alpha value is -1.13. The second-order valence-corrected chi connectivity index (χ2v) is 8.64. The fourth-order valence-corrected chi connectivity index (χ4v) is 5.50. The summed E-state index contributed by atoms with van der Waals surface area (Å²) >= 11 is 0.968. The van der Waals surface area contributed by atoms with Crippen LogP contribution >= 0.6 is 11.3 Å². The van der Waals surface area contributed by atoms with Crippen LogP contribution in [0.25, 0.3) is 0 Å². The van der Waals surface area contributed by atoms with Crippen molar-refractivity contribution in [3.63, 3.8) is 0 Å². The summed E-state index contributed by atoms with van der Waals surface area (Å²) in [4.78, 5) is 11.8. The number of nitrogens with zero attached hydrogens (tertiary/aromatic N) is 1. The molecule has 5 nitrogen and oxygen atoms in total. The second kappa shape index (κ2) is 5.50. The second-order valence-electron chi connectivity index (χ2n) is 5.22. The summed E-state index contributed by atoms with van der Waals surface area (Å²) in [6, 6.07) is 1.39. The average molecular weight is 357 g/mol. The van der Waals surface area contributed by atoms with E-state index >= 15 is 0 Å². The van der Waals surface area contributed by atoms with Crippen molar-refractivity contribution in [2.75, 3.05) is 13.1 Å². The van der Waals surface area contributed by atoms with Crippen molar-refractivity contribution in [2.45, 2.75) is 24.2 Å². The van der Waals surface area contributed by atoms with Crippen molar-refractivity contribution in [2.24, 2.45) is 11.8 Å². The standard InChI is InChI=1S/C12H14F3NO4S2/c1-6-3-10(21-7(6)2)22(19,20)16-4-8(11(17)18)9(5-16)12(13,14)15/h3,8-9H,4-5H2,1-2H3,(H,17,18)/t8-,9-/m1/s1. The molecule has 2 rings (SSSR count). The lowest BCUT2D eigenvalue weighted by molar-refractivity contribution is -0.187. The van der Waals surface area contributed by atoms with E-state index in [0.29, 0.717) is 4.31 Å². The van der Waals surface area contributed by atoms with Crippen molar-refractivity contribution in [1.82, 2.24) is 4.31 Å². The monoisotopic (exact) mass is 357 g/mol. The first-order valence-electron chi connectivity index (χ1n) is 6.31. The van der Waals surface area contributed by atoms with Crippen molar-refractivity contribution >= 4 is 27.3 Å². The van der Waals surface area contributed by atoms with Crippen LogP contribution in [0.2, 0.25) is 0 Å². The third-order valence-electron chi connectivity index (χ3n) is 3.76. The Kier molecular flexibility index (Phi) is 4.31. The van der Waals surface area contributed by atoms with E-state index in [0.717, 1.165) is 21.8 Å². The van der Waals surface area contributed by atoms with Gasteiger partial charge in [0.2, 0.25) is 0 Å². The molecule has 1 N–H and O–H groups in total. The van der Waals surface area contributed by atoms with Gasteiger partial charge in [0, 0.05) is 18.0 Å². The van der Waals surface area contributed by atoms with Gasteiger partial charge in [0.1, 0.15) is 4.21 Å². The lowest BCUT2D eigenvalue weighted by atomic mass is 9.96. The molecular formula is C12H14F3NO4S2. The van der Waals surface area contributed by atoms with E-state index < -0.39 is 47.1 Å². The van der Waals surface area contributed by atoms with Gasteiger partial charge in [-0.15, -0.1) is 11.3 Å². The molecule has 2 atom stereocenters. The fraction of sp³-hybridized carbons (Fsp3) is 0.583. The number of hydrogen-bond donors (Lipinski definition) is 1.